The minimum absolute atomic E-state index is 0.198. The molecule has 2 heterocycles. The second kappa shape index (κ2) is 3.89. The molecule has 0 aliphatic heterocycles. The van der Waals surface area contributed by atoms with Crippen molar-refractivity contribution >= 4 is 51.4 Å². The molecule has 0 spiro atoms. The Hall–Kier alpha value is -0.960. The third-order valence-corrected chi connectivity index (χ3v) is 2.56. The molecule has 2 aromatic heterocycles. The predicted octanol–water partition coefficient (Wildman–Crippen LogP) is 1.70. The summed E-state index contributed by atoms with van der Waals surface area (Å²) < 4.78 is 6.14. The van der Waals surface area contributed by atoms with E-state index in [1.165, 1.54) is 13.3 Å². The van der Waals surface area contributed by atoms with Crippen LogP contribution in [0.5, 0.6) is 0 Å². The van der Waals surface area contributed by atoms with Gasteiger partial charge in [-0.1, -0.05) is 11.6 Å². The number of rotatable bonds is 0. The van der Waals surface area contributed by atoms with Crippen LogP contribution in [0.25, 0.3) is 11.2 Å². The van der Waals surface area contributed by atoms with E-state index in [1.807, 2.05) is 22.6 Å². The number of hydrogen-bond donors (Lipinski definition) is 0. The highest BCUT2D eigenvalue weighted by atomic mass is 127. The Morgan fingerprint density at radius 1 is 1.67 bits per heavy atom. The monoisotopic (exact) mass is 338 g/mol. The number of carbonyl (C=O) groups excluding carboxylic acids is 1. The van der Waals surface area contributed by atoms with Gasteiger partial charge in [-0.25, -0.2) is 14.8 Å². The molecule has 0 amide bonds. The minimum atomic E-state index is -0.625. The van der Waals surface area contributed by atoms with Crippen LogP contribution in [0, 0.1) is 3.70 Å². The van der Waals surface area contributed by atoms with Crippen LogP contribution in [0.2, 0.25) is 5.15 Å². The molecule has 0 aromatic carbocycles. The van der Waals surface area contributed by atoms with Gasteiger partial charge in [0.15, 0.2) is 9.35 Å². The van der Waals surface area contributed by atoms with Crippen LogP contribution in [-0.4, -0.2) is 33.0 Å². The molecule has 15 heavy (non-hydrogen) atoms. The lowest BCUT2D eigenvalue weighted by atomic mass is 10.5. The van der Waals surface area contributed by atoms with Gasteiger partial charge in [0.25, 0.3) is 0 Å². The Morgan fingerprint density at radius 2 is 2.40 bits per heavy atom. The van der Waals surface area contributed by atoms with Gasteiger partial charge in [-0.05, 0) is 22.6 Å². The Bertz CT molecular complexity index is 541. The van der Waals surface area contributed by atoms with Crippen LogP contribution in [-0.2, 0) is 4.74 Å². The van der Waals surface area contributed by atoms with Crippen molar-refractivity contribution in [1.82, 2.24) is 19.7 Å². The molecular weight excluding hydrogens is 334 g/mol. The van der Waals surface area contributed by atoms with Crippen molar-refractivity contribution in [3.63, 3.8) is 0 Å². The molecule has 0 saturated carbocycles. The Labute approximate surface area is 103 Å². The minimum Gasteiger partial charge on any atom is -0.451 e. The van der Waals surface area contributed by atoms with Gasteiger partial charge in [0.2, 0.25) is 0 Å². The summed E-state index contributed by atoms with van der Waals surface area (Å²) in [6.45, 7) is 0. The van der Waals surface area contributed by atoms with Crippen LogP contribution in [0.1, 0.15) is 0 Å². The van der Waals surface area contributed by atoms with E-state index in [9.17, 15) is 4.79 Å². The number of hydrogen-bond acceptors (Lipinski definition) is 5. The van der Waals surface area contributed by atoms with Gasteiger partial charge >= 0.3 is 6.09 Å². The highest BCUT2D eigenvalue weighted by Crippen LogP contribution is 2.17. The molecule has 0 aliphatic rings. The molecule has 78 valence electrons. The number of carbonyl (C=O) groups is 1. The number of nitrogens with zero attached hydrogens (tertiary/aromatic N) is 4. The molecule has 0 saturated heterocycles. The Morgan fingerprint density at radius 3 is 3.07 bits per heavy atom. The van der Waals surface area contributed by atoms with E-state index in [2.05, 4.69) is 19.8 Å². The summed E-state index contributed by atoms with van der Waals surface area (Å²) in [7, 11) is 1.26. The zero-order valence-electron chi connectivity index (χ0n) is 7.44. The van der Waals surface area contributed by atoms with Gasteiger partial charge in [0.05, 0.1) is 13.3 Å². The summed E-state index contributed by atoms with van der Waals surface area (Å²) >= 11 is 7.63. The summed E-state index contributed by atoms with van der Waals surface area (Å²) in [5.41, 5.74) is 0.809. The lowest BCUT2D eigenvalue weighted by molar-refractivity contribution is 0.170. The zero-order chi connectivity index (χ0) is 11.0. The van der Waals surface area contributed by atoms with E-state index < -0.39 is 6.09 Å². The first-order valence-corrected chi connectivity index (χ1v) is 5.24. The highest BCUT2D eigenvalue weighted by Gasteiger charge is 2.17. The van der Waals surface area contributed by atoms with E-state index in [4.69, 9.17) is 11.6 Å². The average molecular weight is 338 g/mol. The van der Waals surface area contributed by atoms with Gasteiger partial charge in [-0.15, -0.1) is 4.68 Å². The van der Waals surface area contributed by atoms with Crippen LogP contribution in [0.3, 0.4) is 0 Å². The first kappa shape index (κ1) is 10.6. The molecule has 0 radical (unpaired) electrons. The maximum Gasteiger partial charge on any atom is 0.436 e. The molecule has 0 atom stereocenters. The Balaban J connectivity index is 2.75. The SMILES string of the molecule is COC(=O)n1nc(I)c2ncc(Cl)nc21. The number of aromatic nitrogens is 4. The molecular formula is C7H4ClIN4O2. The molecule has 2 rings (SSSR count). The van der Waals surface area contributed by atoms with E-state index >= 15 is 0 Å². The lowest BCUT2D eigenvalue weighted by Gasteiger charge is -1.97. The van der Waals surface area contributed by atoms with Gasteiger partial charge in [0, 0.05) is 0 Å². The van der Waals surface area contributed by atoms with Crippen molar-refractivity contribution in [2.24, 2.45) is 0 Å². The summed E-state index contributed by atoms with van der Waals surface area (Å²) in [5, 5.41) is 4.14. The molecule has 0 bridgehead atoms. The van der Waals surface area contributed by atoms with E-state index in [1.54, 1.807) is 0 Å². The number of ether oxygens (including phenoxy) is 1. The second-order valence-corrected chi connectivity index (χ2v) is 3.95. The number of methoxy groups -OCH3 is 1. The molecule has 8 heteroatoms. The smallest absolute Gasteiger partial charge is 0.436 e. The quantitative estimate of drug-likeness (QED) is 0.684. The number of fused-ring (bicyclic) bond motifs is 1. The predicted molar refractivity (Wildman–Crippen MR) is 60.9 cm³/mol. The van der Waals surface area contributed by atoms with Gasteiger partial charge in [-0.3, -0.25) is 0 Å². The van der Waals surface area contributed by atoms with Crippen molar-refractivity contribution in [2.45, 2.75) is 0 Å². The Kier molecular flexibility index (Phi) is 2.74. The van der Waals surface area contributed by atoms with Crippen molar-refractivity contribution < 1.29 is 9.53 Å². The van der Waals surface area contributed by atoms with E-state index in [0.29, 0.717) is 14.9 Å². The molecule has 0 unspecified atom stereocenters. The summed E-state index contributed by atoms with van der Waals surface area (Å²) in [4.78, 5) is 19.3. The summed E-state index contributed by atoms with van der Waals surface area (Å²) in [6.07, 6.45) is 0.773. The van der Waals surface area contributed by atoms with Crippen LogP contribution in [0.15, 0.2) is 6.20 Å². The third kappa shape index (κ3) is 1.76. The molecule has 2 aromatic rings. The fourth-order valence-corrected chi connectivity index (χ4v) is 1.77. The summed E-state index contributed by atoms with van der Waals surface area (Å²) in [6, 6.07) is 0. The van der Waals surface area contributed by atoms with Crippen molar-refractivity contribution in [3.8, 4) is 0 Å². The van der Waals surface area contributed by atoms with Gasteiger partial charge in [-0.2, -0.15) is 5.10 Å². The van der Waals surface area contributed by atoms with Crippen molar-refractivity contribution in [1.29, 1.82) is 0 Å². The standard InChI is InChI=1S/C7H4ClIN4O2/c1-15-7(14)13-6-4(5(9)12-13)10-2-3(8)11-6/h2H,1H3. The molecule has 0 N–H and O–H groups in total. The van der Waals surface area contributed by atoms with Crippen LogP contribution < -0.4 is 0 Å². The molecule has 6 nitrogen and oxygen atoms in total. The zero-order valence-corrected chi connectivity index (χ0v) is 10.4. The average Bonchev–Trinajstić information content (AvgIpc) is 2.54. The van der Waals surface area contributed by atoms with E-state index in [0.717, 1.165) is 4.68 Å². The van der Waals surface area contributed by atoms with Gasteiger partial charge < -0.3 is 4.74 Å². The van der Waals surface area contributed by atoms with E-state index in [-0.39, 0.29) is 5.15 Å². The number of halogens is 2. The topological polar surface area (TPSA) is 69.9 Å². The van der Waals surface area contributed by atoms with Crippen LogP contribution in [0.4, 0.5) is 4.79 Å². The fourth-order valence-electron chi connectivity index (χ4n) is 1.05. The lowest BCUT2D eigenvalue weighted by Crippen LogP contribution is -2.13. The fraction of sp³-hybridized carbons (Fsp3) is 0.143. The normalized spacial score (nSPS) is 10.6. The first-order chi connectivity index (χ1) is 7.13. The maximum absolute atomic E-state index is 11.3. The van der Waals surface area contributed by atoms with Crippen LogP contribution >= 0.6 is 34.2 Å². The maximum atomic E-state index is 11.3. The van der Waals surface area contributed by atoms with Gasteiger partial charge in [0.1, 0.15) is 10.7 Å². The van der Waals surface area contributed by atoms with Crippen molar-refractivity contribution in [3.05, 3.63) is 15.1 Å². The molecule has 0 aliphatic carbocycles. The largest absolute Gasteiger partial charge is 0.451 e. The van der Waals surface area contributed by atoms with Crippen molar-refractivity contribution in [2.75, 3.05) is 7.11 Å². The highest BCUT2D eigenvalue weighted by molar-refractivity contribution is 14.1. The first-order valence-electron chi connectivity index (χ1n) is 3.78. The molecule has 0 fully saturated rings. The summed E-state index contributed by atoms with van der Waals surface area (Å²) in [5.74, 6) is 0. The second-order valence-electron chi connectivity index (χ2n) is 2.54. The third-order valence-electron chi connectivity index (χ3n) is 1.66.